The van der Waals surface area contributed by atoms with E-state index in [4.69, 9.17) is 9.47 Å². The van der Waals surface area contributed by atoms with Gasteiger partial charge in [-0.3, -0.25) is 0 Å². The van der Waals surface area contributed by atoms with E-state index < -0.39 is 0 Å². The van der Waals surface area contributed by atoms with Gasteiger partial charge in [-0.05, 0) is 24.8 Å². The van der Waals surface area contributed by atoms with Crippen LogP contribution in [0.2, 0.25) is 0 Å². The molecule has 0 N–H and O–H groups in total. The third-order valence-electron chi connectivity index (χ3n) is 2.64. The first-order valence-electron chi connectivity index (χ1n) is 5.72. The zero-order valence-electron chi connectivity index (χ0n) is 9.02. The second-order valence-corrected chi connectivity index (χ2v) is 3.90. The van der Waals surface area contributed by atoms with Crippen LogP contribution < -0.4 is 0 Å². The topological polar surface area (TPSA) is 18.5 Å². The number of ether oxygens (including phenoxy) is 2. The van der Waals surface area contributed by atoms with Crippen molar-refractivity contribution in [1.29, 1.82) is 0 Å². The molecule has 1 saturated heterocycles. The Balaban J connectivity index is 1.59. The minimum absolute atomic E-state index is 0.0702. The van der Waals surface area contributed by atoms with E-state index in [-0.39, 0.29) is 6.29 Å². The van der Waals surface area contributed by atoms with Crippen molar-refractivity contribution in [3.63, 3.8) is 0 Å². The van der Waals surface area contributed by atoms with E-state index >= 15 is 0 Å². The van der Waals surface area contributed by atoms with Crippen molar-refractivity contribution in [2.75, 3.05) is 13.2 Å². The highest BCUT2D eigenvalue weighted by Crippen LogP contribution is 2.13. The minimum atomic E-state index is 0.0702. The number of rotatable bonds is 5. The van der Waals surface area contributed by atoms with Crippen molar-refractivity contribution in [3.05, 3.63) is 35.9 Å². The molecule has 2 rings (SSSR count). The third kappa shape index (κ3) is 3.65. The van der Waals surface area contributed by atoms with Crippen LogP contribution in [0.3, 0.4) is 0 Å². The average molecular weight is 206 g/mol. The second kappa shape index (κ2) is 5.89. The molecule has 2 heteroatoms. The first kappa shape index (κ1) is 10.7. The molecule has 0 radical (unpaired) electrons. The molecule has 1 aromatic carbocycles. The van der Waals surface area contributed by atoms with Crippen LogP contribution in [0, 0.1) is 0 Å². The van der Waals surface area contributed by atoms with E-state index in [1.807, 2.05) is 6.07 Å². The summed E-state index contributed by atoms with van der Waals surface area (Å²) in [7, 11) is 0. The molecule has 0 aromatic heterocycles. The molecular formula is C13H18O2. The smallest absolute Gasteiger partial charge is 0.157 e. The number of aryl methyl sites for hydroxylation is 1. The Morgan fingerprint density at radius 2 is 2.13 bits per heavy atom. The van der Waals surface area contributed by atoms with Crippen LogP contribution in [0.1, 0.15) is 24.8 Å². The molecule has 0 aliphatic carbocycles. The van der Waals surface area contributed by atoms with E-state index in [1.165, 1.54) is 5.56 Å². The lowest BCUT2D eigenvalue weighted by atomic mass is 10.1. The number of hydrogen-bond donors (Lipinski definition) is 0. The Morgan fingerprint density at radius 3 is 2.87 bits per heavy atom. The fourth-order valence-corrected chi connectivity index (χ4v) is 1.82. The van der Waals surface area contributed by atoms with Crippen LogP contribution in [-0.2, 0) is 15.9 Å². The van der Waals surface area contributed by atoms with Gasteiger partial charge in [-0.2, -0.15) is 0 Å². The summed E-state index contributed by atoms with van der Waals surface area (Å²) < 4.78 is 11.0. The van der Waals surface area contributed by atoms with Gasteiger partial charge in [0.15, 0.2) is 6.29 Å². The monoisotopic (exact) mass is 206 g/mol. The first-order chi connectivity index (χ1) is 7.45. The molecule has 1 aromatic rings. The SMILES string of the molecule is c1ccc(CCCOC2CCCO2)cc1. The Bertz CT molecular complexity index is 265. The zero-order chi connectivity index (χ0) is 10.3. The van der Waals surface area contributed by atoms with Crippen molar-refractivity contribution in [3.8, 4) is 0 Å². The molecule has 1 atom stereocenters. The van der Waals surface area contributed by atoms with Crippen LogP contribution in [0.5, 0.6) is 0 Å². The van der Waals surface area contributed by atoms with E-state index in [2.05, 4.69) is 24.3 Å². The first-order valence-corrected chi connectivity index (χ1v) is 5.72. The van der Waals surface area contributed by atoms with Crippen molar-refractivity contribution in [2.24, 2.45) is 0 Å². The number of benzene rings is 1. The molecule has 1 heterocycles. The van der Waals surface area contributed by atoms with E-state index in [0.29, 0.717) is 0 Å². The minimum Gasteiger partial charge on any atom is -0.353 e. The molecule has 0 saturated carbocycles. The molecule has 1 unspecified atom stereocenters. The highest BCUT2D eigenvalue weighted by Gasteiger charge is 2.14. The highest BCUT2D eigenvalue weighted by molar-refractivity contribution is 5.14. The zero-order valence-corrected chi connectivity index (χ0v) is 9.02. The number of hydrogen-bond acceptors (Lipinski definition) is 2. The molecule has 0 amide bonds. The second-order valence-electron chi connectivity index (χ2n) is 3.90. The fraction of sp³-hybridized carbons (Fsp3) is 0.538. The van der Waals surface area contributed by atoms with Crippen LogP contribution in [-0.4, -0.2) is 19.5 Å². The van der Waals surface area contributed by atoms with Crippen LogP contribution in [0.15, 0.2) is 30.3 Å². The lowest BCUT2D eigenvalue weighted by Gasteiger charge is -2.10. The Kier molecular flexibility index (Phi) is 4.18. The van der Waals surface area contributed by atoms with Gasteiger partial charge in [0.1, 0.15) is 0 Å². The molecule has 82 valence electrons. The molecule has 0 bridgehead atoms. The third-order valence-corrected chi connectivity index (χ3v) is 2.64. The fourth-order valence-electron chi connectivity index (χ4n) is 1.82. The van der Waals surface area contributed by atoms with E-state index in [0.717, 1.165) is 38.9 Å². The molecule has 1 fully saturated rings. The van der Waals surface area contributed by atoms with Gasteiger partial charge in [-0.25, -0.2) is 0 Å². The molecule has 1 aliphatic rings. The summed E-state index contributed by atoms with van der Waals surface area (Å²) in [6, 6.07) is 10.5. The summed E-state index contributed by atoms with van der Waals surface area (Å²) >= 11 is 0. The lowest BCUT2D eigenvalue weighted by Crippen LogP contribution is -2.11. The maximum atomic E-state index is 5.60. The Morgan fingerprint density at radius 1 is 1.27 bits per heavy atom. The summed E-state index contributed by atoms with van der Waals surface area (Å²) in [5.74, 6) is 0. The van der Waals surface area contributed by atoms with Crippen LogP contribution >= 0.6 is 0 Å². The molecule has 0 spiro atoms. The van der Waals surface area contributed by atoms with Gasteiger partial charge in [-0.15, -0.1) is 0 Å². The van der Waals surface area contributed by atoms with Crippen LogP contribution in [0.25, 0.3) is 0 Å². The molecule has 15 heavy (non-hydrogen) atoms. The predicted octanol–water partition coefficient (Wildman–Crippen LogP) is 2.77. The van der Waals surface area contributed by atoms with Gasteiger partial charge in [-0.1, -0.05) is 30.3 Å². The summed E-state index contributed by atoms with van der Waals surface area (Å²) in [4.78, 5) is 0. The van der Waals surface area contributed by atoms with Crippen molar-refractivity contribution in [2.45, 2.75) is 32.0 Å². The van der Waals surface area contributed by atoms with Crippen molar-refractivity contribution >= 4 is 0 Å². The maximum absolute atomic E-state index is 5.60. The van der Waals surface area contributed by atoms with Gasteiger partial charge in [0.05, 0.1) is 6.61 Å². The van der Waals surface area contributed by atoms with E-state index in [9.17, 15) is 0 Å². The Labute approximate surface area is 91.2 Å². The van der Waals surface area contributed by atoms with Gasteiger partial charge in [0.2, 0.25) is 0 Å². The lowest BCUT2D eigenvalue weighted by molar-refractivity contribution is -0.111. The van der Waals surface area contributed by atoms with Crippen molar-refractivity contribution in [1.82, 2.24) is 0 Å². The normalized spacial score (nSPS) is 20.7. The summed E-state index contributed by atoms with van der Waals surface area (Å²) in [6.45, 7) is 1.67. The van der Waals surface area contributed by atoms with Crippen molar-refractivity contribution < 1.29 is 9.47 Å². The quantitative estimate of drug-likeness (QED) is 0.690. The maximum Gasteiger partial charge on any atom is 0.157 e. The van der Waals surface area contributed by atoms with E-state index in [1.54, 1.807) is 0 Å². The summed E-state index contributed by atoms with van der Waals surface area (Å²) in [5, 5.41) is 0. The van der Waals surface area contributed by atoms with Gasteiger partial charge in [0.25, 0.3) is 0 Å². The standard InChI is InChI=1S/C13H18O2/c1-2-6-12(7-3-1)8-4-10-14-13-9-5-11-15-13/h1-3,6-7,13H,4-5,8-11H2. The molecule has 1 aliphatic heterocycles. The van der Waals surface area contributed by atoms with Gasteiger partial charge >= 0.3 is 0 Å². The van der Waals surface area contributed by atoms with Crippen LogP contribution in [0.4, 0.5) is 0 Å². The molecular weight excluding hydrogens is 188 g/mol. The predicted molar refractivity (Wildman–Crippen MR) is 59.7 cm³/mol. The van der Waals surface area contributed by atoms with Gasteiger partial charge in [0, 0.05) is 13.0 Å². The summed E-state index contributed by atoms with van der Waals surface area (Å²) in [6.07, 6.45) is 4.44. The summed E-state index contributed by atoms with van der Waals surface area (Å²) in [5.41, 5.74) is 1.38. The average Bonchev–Trinajstić information content (AvgIpc) is 2.79. The highest BCUT2D eigenvalue weighted by atomic mass is 16.7. The molecule has 2 nitrogen and oxygen atoms in total. The van der Waals surface area contributed by atoms with Gasteiger partial charge < -0.3 is 9.47 Å². The Hall–Kier alpha value is -0.860. The largest absolute Gasteiger partial charge is 0.353 e.